The van der Waals surface area contributed by atoms with Crippen LogP contribution < -0.4 is 11.2 Å². The van der Waals surface area contributed by atoms with E-state index in [9.17, 15) is 18.5 Å². The van der Waals surface area contributed by atoms with Crippen molar-refractivity contribution >= 4 is 7.14 Å². The summed E-state index contributed by atoms with van der Waals surface area (Å²) in [5.41, 5.74) is 0.197. The molecule has 1 atom stereocenters. The molecule has 0 saturated carbocycles. The lowest BCUT2D eigenvalue weighted by atomic mass is 10.2. The highest BCUT2D eigenvalue weighted by atomic mass is 31.2. The Kier molecular flexibility index (Phi) is 9.21. The largest absolute Gasteiger partial charge is 0.366 e. The zero-order valence-corrected chi connectivity index (χ0v) is 18.6. The van der Waals surface area contributed by atoms with Crippen LogP contribution in [0.4, 0.5) is 4.39 Å². The van der Waals surface area contributed by atoms with Crippen molar-refractivity contribution in [3.63, 3.8) is 0 Å². The van der Waals surface area contributed by atoms with Gasteiger partial charge >= 0.3 is 5.69 Å². The predicted molar refractivity (Wildman–Crippen MR) is 115 cm³/mol. The summed E-state index contributed by atoms with van der Waals surface area (Å²) in [6.45, 7) is 4.34. The maximum atomic E-state index is 13.5. The van der Waals surface area contributed by atoms with Crippen LogP contribution in [0.1, 0.15) is 25.0 Å². The van der Waals surface area contributed by atoms with Gasteiger partial charge in [-0.2, -0.15) is 0 Å². The molecule has 7 nitrogen and oxygen atoms in total. The first kappa shape index (κ1) is 24.3. The van der Waals surface area contributed by atoms with Gasteiger partial charge in [-0.1, -0.05) is 44.2 Å². The molecular formula is C21H30FN2O5P. The molecule has 2 aromatic rings. The summed E-state index contributed by atoms with van der Waals surface area (Å²) in [4.78, 5) is 25.2. The normalized spacial score (nSPS) is 12.8. The molecule has 166 valence electrons. The monoisotopic (exact) mass is 440 g/mol. The molecule has 1 unspecified atom stereocenters. The van der Waals surface area contributed by atoms with Crippen molar-refractivity contribution in [1.82, 2.24) is 9.13 Å². The summed E-state index contributed by atoms with van der Waals surface area (Å²) in [6.07, 6.45) is 1.40. The van der Waals surface area contributed by atoms with E-state index in [4.69, 9.17) is 9.47 Å². The van der Waals surface area contributed by atoms with E-state index >= 15 is 0 Å². The molecule has 1 aromatic carbocycles. The van der Waals surface area contributed by atoms with Crippen LogP contribution in [0.5, 0.6) is 0 Å². The van der Waals surface area contributed by atoms with E-state index in [0.717, 1.165) is 10.1 Å². The molecule has 0 saturated heterocycles. The van der Waals surface area contributed by atoms with E-state index in [1.807, 2.05) is 44.2 Å². The van der Waals surface area contributed by atoms with Gasteiger partial charge in [0.25, 0.3) is 5.56 Å². The lowest BCUT2D eigenvalue weighted by molar-refractivity contribution is 0.0443. The maximum Gasteiger partial charge on any atom is 0.333 e. The number of benzene rings is 1. The number of alkyl halides is 1. The van der Waals surface area contributed by atoms with E-state index in [1.165, 1.54) is 10.8 Å². The average molecular weight is 440 g/mol. The fraction of sp³-hybridized carbons (Fsp3) is 0.524. The summed E-state index contributed by atoms with van der Waals surface area (Å²) in [7, 11) is -2.49. The molecule has 0 fully saturated rings. The van der Waals surface area contributed by atoms with Crippen molar-refractivity contribution in [3.8, 4) is 0 Å². The molecule has 0 radical (unpaired) electrons. The average Bonchev–Trinajstić information content (AvgIpc) is 2.77. The molecular weight excluding hydrogens is 410 g/mol. The van der Waals surface area contributed by atoms with Gasteiger partial charge in [-0.15, -0.1) is 0 Å². The standard InChI is InChI=1S/C21H30FN2O5P/c1-4-30(27,5-2)16-29-19(11-22)13-23-12-17(3)20(25)24(21(23)26)15-28-14-18-9-7-6-8-10-18/h6-10,12,19H,4-5,11,13-16H2,1-3H3. The number of ether oxygens (including phenoxy) is 2. The van der Waals surface area contributed by atoms with Crippen LogP contribution in [0.2, 0.25) is 0 Å². The second-order valence-electron chi connectivity index (χ2n) is 7.21. The summed E-state index contributed by atoms with van der Waals surface area (Å²) in [5, 5.41) is 0. The third-order valence-corrected chi connectivity index (χ3v) is 7.94. The van der Waals surface area contributed by atoms with Gasteiger partial charge in [0.1, 0.15) is 33.0 Å². The molecule has 0 N–H and O–H groups in total. The van der Waals surface area contributed by atoms with Crippen molar-refractivity contribution in [2.45, 2.75) is 46.8 Å². The summed E-state index contributed by atoms with van der Waals surface area (Å²) in [5.74, 6) is 0. The van der Waals surface area contributed by atoms with Crippen LogP contribution in [0.15, 0.2) is 46.1 Å². The number of nitrogens with zero attached hydrogens (tertiary/aromatic N) is 2. The second-order valence-corrected chi connectivity index (χ2v) is 10.8. The number of hydrogen-bond donors (Lipinski definition) is 0. The highest BCUT2D eigenvalue weighted by Gasteiger charge is 2.21. The van der Waals surface area contributed by atoms with Crippen molar-refractivity contribution in [1.29, 1.82) is 0 Å². The molecule has 0 bridgehead atoms. The fourth-order valence-corrected chi connectivity index (χ4v) is 4.18. The Morgan fingerprint density at radius 3 is 2.40 bits per heavy atom. The zero-order valence-electron chi connectivity index (χ0n) is 17.8. The van der Waals surface area contributed by atoms with E-state index in [1.54, 1.807) is 6.92 Å². The van der Waals surface area contributed by atoms with Gasteiger partial charge in [0.15, 0.2) is 0 Å². The predicted octanol–water partition coefficient (Wildman–Crippen LogP) is 3.21. The smallest absolute Gasteiger partial charge is 0.333 e. The molecule has 0 aliphatic heterocycles. The Bertz CT molecular complexity index is 966. The van der Waals surface area contributed by atoms with Gasteiger partial charge in [-0.3, -0.25) is 9.36 Å². The van der Waals surface area contributed by atoms with Crippen LogP contribution in [-0.4, -0.2) is 40.6 Å². The van der Waals surface area contributed by atoms with Gasteiger partial charge in [0.2, 0.25) is 0 Å². The summed E-state index contributed by atoms with van der Waals surface area (Å²) < 4.78 is 39.3. The molecule has 0 spiro atoms. The fourth-order valence-electron chi connectivity index (χ4n) is 2.89. The summed E-state index contributed by atoms with van der Waals surface area (Å²) >= 11 is 0. The lowest BCUT2D eigenvalue weighted by Crippen LogP contribution is -2.43. The molecule has 2 rings (SSSR count). The first-order valence-corrected chi connectivity index (χ1v) is 12.3. The number of hydrogen-bond acceptors (Lipinski definition) is 5. The minimum Gasteiger partial charge on any atom is -0.366 e. The third kappa shape index (κ3) is 6.49. The Morgan fingerprint density at radius 2 is 1.80 bits per heavy atom. The summed E-state index contributed by atoms with van der Waals surface area (Å²) in [6, 6.07) is 9.39. The topological polar surface area (TPSA) is 79.5 Å². The van der Waals surface area contributed by atoms with Crippen molar-refractivity contribution in [2.24, 2.45) is 0 Å². The van der Waals surface area contributed by atoms with Gasteiger partial charge in [0.05, 0.1) is 13.2 Å². The van der Waals surface area contributed by atoms with Crippen molar-refractivity contribution in [3.05, 3.63) is 68.5 Å². The van der Waals surface area contributed by atoms with Gasteiger partial charge in [0, 0.05) is 24.1 Å². The Hall–Kier alpha value is -2.02. The molecule has 1 aromatic heterocycles. The van der Waals surface area contributed by atoms with E-state index in [0.29, 0.717) is 17.9 Å². The van der Waals surface area contributed by atoms with Gasteiger partial charge in [-0.05, 0) is 12.5 Å². The first-order valence-electron chi connectivity index (χ1n) is 10.0. The number of aromatic nitrogens is 2. The first-order chi connectivity index (χ1) is 14.3. The molecule has 9 heteroatoms. The van der Waals surface area contributed by atoms with Crippen LogP contribution in [0.3, 0.4) is 0 Å². The minimum absolute atomic E-state index is 0.0256. The van der Waals surface area contributed by atoms with Crippen molar-refractivity contribution in [2.75, 3.05) is 25.3 Å². The van der Waals surface area contributed by atoms with E-state index < -0.39 is 31.2 Å². The highest BCUT2D eigenvalue weighted by molar-refractivity contribution is 7.63. The molecule has 1 heterocycles. The highest BCUT2D eigenvalue weighted by Crippen LogP contribution is 2.44. The Morgan fingerprint density at radius 1 is 1.13 bits per heavy atom. The SMILES string of the molecule is CCP(=O)(CC)COC(CF)Cn1cc(C)c(=O)n(COCc2ccccc2)c1=O. The number of halogens is 1. The lowest BCUT2D eigenvalue weighted by Gasteiger charge is -2.21. The molecule has 0 aliphatic carbocycles. The number of rotatable bonds is 12. The van der Waals surface area contributed by atoms with Crippen LogP contribution in [0, 0.1) is 6.92 Å². The quantitative estimate of drug-likeness (QED) is 0.474. The third-order valence-electron chi connectivity index (χ3n) is 5.01. The Balaban J connectivity index is 2.13. The van der Waals surface area contributed by atoms with Gasteiger partial charge in [-0.25, -0.2) is 13.8 Å². The van der Waals surface area contributed by atoms with E-state index in [-0.39, 0.29) is 26.2 Å². The van der Waals surface area contributed by atoms with E-state index in [2.05, 4.69) is 0 Å². The van der Waals surface area contributed by atoms with Crippen LogP contribution in [0.25, 0.3) is 0 Å². The van der Waals surface area contributed by atoms with Crippen LogP contribution >= 0.6 is 7.14 Å². The zero-order chi connectivity index (χ0) is 22.1. The minimum atomic E-state index is -2.49. The van der Waals surface area contributed by atoms with Gasteiger partial charge < -0.3 is 14.0 Å². The Labute approximate surface area is 175 Å². The van der Waals surface area contributed by atoms with Crippen molar-refractivity contribution < 1.29 is 18.4 Å². The molecule has 0 aliphatic rings. The molecule has 30 heavy (non-hydrogen) atoms. The maximum absolute atomic E-state index is 13.5. The number of aryl methyl sites for hydroxylation is 1. The second kappa shape index (κ2) is 11.4. The van der Waals surface area contributed by atoms with Crippen LogP contribution in [-0.2, 0) is 33.9 Å². The molecule has 0 amide bonds.